The summed E-state index contributed by atoms with van der Waals surface area (Å²) in [4.78, 5) is 13.9. The third-order valence-electron chi connectivity index (χ3n) is 4.88. The summed E-state index contributed by atoms with van der Waals surface area (Å²) in [5.74, 6) is 0.557. The molecule has 1 amide bonds. The van der Waals surface area contributed by atoms with Crippen LogP contribution in [0.4, 0.5) is 11.4 Å². The normalized spacial score (nSPS) is 11.1. The van der Waals surface area contributed by atoms with Gasteiger partial charge in [-0.05, 0) is 78.4 Å². The Bertz CT molecular complexity index is 1360. The highest BCUT2D eigenvalue weighted by molar-refractivity contribution is 9.10. The Kier molecular flexibility index (Phi) is 7.72. The molecular formula is C26H21BrN2O3S2. The van der Waals surface area contributed by atoms with Crippen molar-refractivity contribution in [1.82, 2.24) is 0 Å². The Morgan fingerprint density at radius 2 is 1.38 bits per heavy atom. The van der Waals surface area contributed by atoms with Crippen LogP contribution in [0.1, 0.15) is 15.9 Å². The number of halogens is 1. The lowest BCUT2D eigenvalue weighted by molar-refractivity contribution is 0.102. The first-order valence-electron chi connectivity index (χ1n) is 10.4. The lowest BCUT2D eigenvalue weighted by Crippen LogP contribution is -2.14. The summed E-state index contributed by atoms with van der Waals surface area (Å²) < 4.78 is 28.6. The first-order valence-corrected chi connectivity index (χ1v) is 13.6. The van der Waals surface area contributed by atoms with Gasteiger partial charge in [0.25, 0.3) is 15.9 Å². The van der Waals surface area contributed by atoms with Crippen LogP contribution >= 0.6 is 27.7 Å². The standard InChI is InChI=1S/C26H21BrN2O3S2/c27-21-10-12-23(13-11-21)29-34(31,32)25-16-14-22(15-17-25)28-26(30)20-8-6-19(7-9-20)18-33-24-4-2-1-3-5-24/h1-17,29H,18H2,(H,28,30). The lowest BCUT2D eigenvalue weighted by atomic mass is 10.1. The van der Waals surface area contributed by atoms with Crippen molar-refractivity contribution < 1.29 is 13.2 Å². The van der Waals surface area contributed by atoms with Gasteiger partial charge in [0.1, 0.15) is 0 Å². The predicted octanol–water partition coefficient (Wildman–Crippen LogP) is 6.79. The Morgan fingerprint density at radius 3 is 2.03 bits per heavy atom. The molecule has 0 saturated heterocycles. The Hall–Kier alpha value is -3.07. The summed E-state index contributed by atoms with van der Waals surface area (Å²) in [5.41, 5.74) is 2.63. The smallest absolute Gasteiger partial charge is 0.261 e. The van der Waals surface area contributed by atoms with E-state index in [2.05, 4.69) is 38.1 Å². The van der Waals surface area contributed by atoms with Gasteiger partial charge in [0.15, 0.2) is 0 Å². The third kappa shape index (κ3) is 6.50. The van der Waals surface area contributed by atoms with Crippen LogP contribution in [-0.2, 0) is 15.8 Å². The van der Waals surface area contributed by atoms with Crippen molar-refractivity contribution in [2.75, 3.05) is 10.0 Å². The minimum atomic E-state index is -3.73. The molecule has 0 aromatic heterocycles. The van der Waals surface area contributed by atoms with Gasteiger partial charge in [-0.3, -0.25) is 9.52 Å². The fraction of sp³-hybridized carbons (Fsp3) is 0.0385. The number of benzene rings is 4. The first kappa shape index (κ1) is 24.1. The van der Waals surface area contributed by atoms with Gasteiger partial charge in [-0.2, -0.15) is 0 Å². The molecule has 5 nitrogen and oxygen atoms in total. The van der Waals surface area contributed by atoms with Crippen LogP contribution in [0.25, 0.3) is 0 Å². The van der Waals surface area contributed by atoms with Gasteiger partial charge in [-0.15, -0.1) is 11.8 Å². The molecule has 0 aliphatic heterocycles. The molecule has 8 heteroatoms. The average Bonchev–Trinajstić information content (AvgIpc) is 2.85. The summed E-state index contributed by atoms with van der Waals surface area (Å²) in [6.45, 7) is 0. The highest BCUT2D eigenvalue weighted by Crippen LogP contribution is 2.23. The van der Waals surface area contributed by atoms with Gasteiger partial charge < -0.3 is 5.32 Å². The van der Waals surface area contributed by atoms with Crippen molar-refractivity contribution in [2.45, 2.75) is 15.5 Å². The minimum Gasteiger partial charge on any atom is -0.322 e. The highest BCUT2D eigenvalue weighted by Gasteiger charge is 2.14. The van der Waals surface area contributed by atoms with E-state index in [-0.39, 0.29) is 10.8 Å². The zero-order chi connectivity index (χ0) is 24.0. The van der Waals surface area contributed by atoms with Crippen LogP contribution in [0.15, 0.2) is 117 Å². The van der Waals surface area contributed by atoms with E-state index in [1.54, 1.807) is 60.3 Å². The lowest BCUT2D eigenvalue weighted by Gasteiger charge is -2.10. The number of amides is 1. The van der Waals surface area contributed by atoms with Gasteiger partial charge in [0.2, 0.25) is 0 Å². The van der Waals surface area contributed by atoms with Crippen molar-refractivity contribution >= 4 is 55.0 Å². The largest absolute Gasteiger partial charge is 0.322 e. The number of thioether (sulfide) groups is 1. The number of sulfonamides is 1. The first-order chi connectivity index (χ1) is 16.4. The maximum absolute atomic E-state index is 12.6. The fourth-order valence-electron chi connectivity index (χ4n) is 3.09. The van der Waals surface area contributed by atoms with Crippen molar-refractivity contribution in [3.8, 4) is 0 Å². The van der Waals surface area contributed by atoms with E-state index in [1.165, 1.54) is 17.0 Å². The molecule has 0 bridgehead atoms. The Balaban J connectivity index is 1.35. The highest BCUT2D eigenvalue weighted by atomic mass is 79.9. The minimum absolute atomic E-state index is 0.105. The third-order valence-corrected chi connectivity index (χ3v) is 7.89. The second kappa shape index (κ2) is 10.9. The number of hydrogen-bond acceptors (Lipinski definition) is 4. The van der Waals surface area contributed by atoms with Crippen molar-refractivity contribution in [1.29, 1.82) is 0 Å². The predicted molar refractivity (Wildman–Crippen MR) is 142 cm³/mol. The van der Waals surface area contributed by atoms with Gasteiger partial charge in [-0.1, -0.05) is 46.3 Å². The molecule has 4 aromatic rings. The van der Waals surface area contributed by atoms with E-state index in [0.717, 1.165) is 15.8 Å². The van der Waals surface area contributed by atoms with Crippen LogP contribution in [0.3, 0.4) is 0 Å². The molecule has 172 valence electrons. The van der Waals surface area contributed by atoms with Crippen LogP contribution in [0.2, 0.25) is 0 Å². The van der Waals surface area contributed by atoms with E-state index in [1.807, 2.05) is 30.3 Å². The summed E-state index contributed by atoms with van der Waals surface area (Å²) in [5, 5.41) is 2.81. The monoisotopic (exact) mass is 552 g/mol. The maximum atomic E-state index is 12.6. The number of rotatable bonds is 8. The molecule has 0 aliphatic rings. The number of nitrogens with one attached hydrogen (secondary N) is 2. The van der Waals surface area contributed by atoms with Gasteiger partial charge in [0, 0.05) is 32.1 Å². The average molecular weight is 554 g/mol. The molecule has 0 atom stereocenters. The van der Waals surface area contributed by atoms with Crippen LogP contribution in [-0.4, -0.2) is 14.3 Å². The van der Waals surface area contributed by atoms with E-state index in [0.29, 0.717) is 16.9 Å². The molecule has 0 fully saturated rings. The summed E-state index contributed by atoms with van der Waals surface area (Å²) in [6.07, 6.45) is 0. The molecule has 0 unspecified atom stereocenters. The summed E-state index contributed by atoms with van der Waals surface area (Å²) in [6, 6.07) is 30.5. The second-order valence-corrected chi connectivity index (χ2v) is 11.0. The second-order valence-electron chi connectivity index (χ2n) is 7.39. The number of carbonyl (C=O) groups excluding carboxylic acids is 1. The molecule has 4 aromatic carbocycles. The topological polar surface area (TPSA) is 75.3 Å². The van der Waals surface area contributed by atoms with E-state index in [4.69, 9.17) is 0 Å². The number of anilines is 2. The molecule has 4 rings (SSSR count). The zero-order valence-electron chi connectivity index (χ0n) is 17.9. The molecule has 0 spiro atoms. The quantitative estimate of drug-likeness (QED) is 0.236. The number of carbonyl (C=O) groups is 1. The van der Waals surface area contributed by atoms with Crippen molar-refractivity contribution in [3.63, 3.8) is 0 Å². The molecule has 2 N–H and O–H groups in total. The van der Waals surface area contributed by atoms with Gasteiger partial charge in [-0.25, -0.2) is 8.42 Å². The van der Waals surface area contributed by atoms with Crippen LogP contribution in [0.5, 0.6) is 0 Å². The molecular weight excluding hydrogens is 532 g/mol. The molecule has 0 saturated carbocycles. The summed E-state index contributed by atoms with van der Waals surface area (Å²) in [7, 11) is -3.73. The fourth-order valence-corrected chi connectivity index (χ4v) is 5.29. The molecule has 34 heavy (non-hydrogen) atoms. The Morgan fingerprint density at radius 1 is 0.765 bits per heavy atom. The zero-order valence-corrected chi connectivity index (χ0v) is 21.2. The van der Waals surface area contributed by atoms with E-state index in [9.17, 15) is 13.2 Å². The van der Waals surface area contributed by atoms with Crippen LogP contribution < -0.4 is 10.0 Å². The van der Waals surface area contributed by atoms with E-state index < -0.39 is 10.0 Å². The SMILES string of the molecule is O=C(Nc1ccc(S(=O)(=O)Nc2ccc(Br)cc2)cc1)c1ccc(CSc2ccccc2)cc1. The van der Waals surface area contributed by atoms with Crippen molar-refractivity contribution in [2.24, 2.45) is 0 Å². The molecule has 0 heterocycles. The number of hydrogen-bond donors (Lipinski definition) is 2. The van der Waals surface area contributed by atoms with Crippen molar-refractivity contribution in [3.05, 3.63) is 119 Å². The maximum Gasteiger partial charge on any atom is 0.261 e. The van der Waals surface area contributed by atoms with Gasteiger partial charge in [0.05, 0.1) is 4.90 Å². The summed E-state index contributed by atoms with van der Waals surface area (Å²) >= 11 is 5.06. The van der Waals surface area contributed by atoms with Crippen LogP contribution in [0, 0.1) is 0 Å². The van der Waals surface area contributed by atoms with Gasteiger partial charge >= 0.3 is 0 Å². The Labute approximate surface area is 211 Å². The molecule has 0 aliphatic carbocycles. The molecule has 0 radical (unpaired) electrons. The van der Waals surface area contributed by atoms with E-state index >= 15 is 0 Å².